The number of nitrogens with one attached hydrogen (secondary N) is 1. The molecule has 0 aromatic heterocycles. The van der Waals surface area contributed by atoms with Crippen LogP contribution in [0.1, 0.15) is 41.5 Å². The first kappa shape index (κ1) is 14.1. The first-order valence-corrected chi connectivity index (χ1v) is 8.08. The van der Waals surface area contributed by atoms with Crippen molar-refractivity contribution in [3.05, 3.63) is 34.4 Å². The number of piperidine rings is 1. The van der Waals surface area contributed by atoms with E-state index in [-0.39, 0.29) is 0 Å². The largest absolute Gasteiger partial charge is 0.316 e. The molecule has 2 fully saturated rings. The van der Waals surface area contributed by atoms with Crippen molar-refractivity contribution in [2.75, 3.05) is 26.2 Å². The molecule has 0 amide bonds. The fraction of sp³-hybridized carbons (Fsp3) is 0.667. The summed E-state index contributed by atoms with van der Waals surface area (Å²) in [5.41, 5.74) is 6.40. The fourth-order valence-electron chi connectivity index (χ4n) is 3.97. The van der Waals surface area contributed by atoms with E-state index in [1.807, 2.05) is 0 Å². The molecule has 2 saturated heterocycles. The van der Waals surface area contributed by atoms with Crippen LogP contribution in [0.15, 0.2) is 12.1 Å². The number of benzene rings is 1. The number of aryl methyl sites for hydroxylation is 3. The Morgan fingerprint density at radius 2 is 1.90 bits per heavy atom. The molecular weight excluding hydrogens is 244 g/mol. The molecule has 2 aliphatic heterocycles. The van der Waals surface area contributed by atoms with Gasteiger partial charge in [0.05, 0.1) is 0 Å². The normalized spacial score (nSPS) is 27.4. The minimum Gasteiger partial charge on any atom is -0.316 e. The molecule has 2 nitrogen and oxygen atoms in total. The summed E-state index contributed by atoms with van der Waals surface area (Å²) in [4.78, 5) is 2.67. The molecule has 1 atom stereocenters. The van der Waals surface area contributed by atoms with Crippen LogP contribution in [0.2, 0.25) is 0 Å². The summed E-state index contributed by atoms with van der Waals surface area (Å²) in [5, 5.41) is 3.60. The second-order valence-corrected chi connectivity index (χ2v) is 7.10. The lowest BCUT2D eigenvalue weighted by Crippen LogP contribution is -2.41. The van der Waals surface area contributed by atoms with Gasteiger partial charge in [-0.3, -0.25) is 4.90 Å². The first-order chi connectivity index (χ1) is 9.58. The Morgan fingerprint density at radius 3 is 2.65 bits per heavy atom. The van der Waals surface area contributed by atoms with Crippen molar-refractivity contribution in [2.24, 2.45) is 5.41 Å². The van der Waals surface area contributed by atoms with Crippen molar-refractivity contribution in [3.63, 3.8) is 0 Å². The van der Waals surface area contributed by atoms with Crippen molar-refractivity contribution < 1.29 is 0 Å². The summed E-state index contributed by atoms with van der Waals surface area (Å²) in [6, 6.07) is 4.74. The molecule has 2 aliphatic rings. The maximum Gasteiger partial charge on any atom is 0.0236 e. The van der Waals surface area contributed by atoms with Crippen molar-refractivity contribution in [3.8, 4) is 0 Å². The molecule has 1 spiro atoms. The van der Waals surface area contributed by atoms with Crippen molar-refractivity contribution in [1.29, 1.82) is 0 Å². The third-order valence-corrected chi connectivity index (χ3v) is 5.42. The maximum atomic E-state index is 3.60. The van der Waals surface area contributed by atoms with E-state index < -0.39 is 0 Å². The molecule has 2 heterocycles. The average molecular weight is 272 g/mol. The Balaban J connectivity index is 1.69. The molecule has 0 aliphatic carbocycles. The van der Waals surface area contributed by atoms with Crippen LogP contribution in [0.5, 0.6) is 0 Å². The van der Waals surface area contributed by atoms with E-state index >= 15 is 0 Å². The fourth-order valence-corrected chi connectivity index (χ4v) is 3.97. The van der Waals surface area contributed by atoms with Gasteiger partial charge in [-0.05, 0) is 80.8 Å². The molecule has 20 heavy (non-hydrogen) atoms. The third kappa shape index (κ3) is 2.77. The van der Waals surface area contributed by atoms with Crippen LogP contribution in [-0.2, 0) is 6.54 Å². The lowest BCUT2D eigenvalue weighted by molar-refractivity contribution is 0.199. The van der Waals surface area contributed by atoms with Gasteiger partial charge in [0.2, 0.25) is 0 Å². The lowest BCUT2D eigenvalue weighted by Gasteiger charge is -2.34. The Labute approximate surface area is 123 Å². The number of hydrogen-bond acceptors (Lipinski definition) is 2. The minimum atomic E-state index is 0.575. The molecule has 1 N–H and O–H groups in total. The summed E-state index contributed by atoms with van der Waals surface area (Å²) < 4.78 is 0. The molecular formula is C18H28N2. The van der Waals surface area contributed by atoms with Gasteiger partial charge in [0.25, 0.3) is 0 Å². The Bertz CT molecular complexity index is 486. The van der Waals surface area contributed by atoms with Crippen molar-refractivity contribution >= 4 is 0 Å². The van der Waals surface area contributed by atoms with E-state index in [9.17, 15) is 0 Å². The molecule has 110 valence electrons. The third-order valence-electron chi connectivity index (χ3n) is 5.42. The highest BCUT2D eigenvalue weighted by molar-refractivity contribution is 5.36. The van der Waals surface area contributed by atoms with E-state index in [0.29, 0.717) is 5.41 Å². The van der Waals surface area contributed by atoms with E-state index in [1.165, 1.54) is 67.7 Å². The standard InChI is InChI=1S/C18H28N2/c1-14-9-16(3)17(10-15(14)2)11-20-8-6-18(13-20)5-4-7-19-12-18/h9-10,19H,4-8,11-13H2,1-3H3. The van der Waals surface area contributed by atoms with Gasteiger partial charge >= 0.3 is 0 Å². The summed E-state index contributed by atoms with van der Waals surface area (Å²) in [6.07, 6.45) is 4.16. The number of nitrogens with zero attached hydrogens (tertiary/aromatic N) is 1. The van der Waals surface area contributed by atoms with Gasteiger partial charge in [-0.25, -0.2) is 0 Å². The minimum absolute atomic E-state index is 0.575. The van der Waals surface area contributed by atoms with Gasteiger partial charge in [-0.1, -0.05) is 12.1 Å². The smallest absolute Gasteiger partial charge is 0.0236 e. The molecule has 0 radical (unpaired) electrons. The SMILES string of the molecule is Cc1cc(C)c(CN2CCC3(CCCNC3)C2)cc1C. The molecule has 1 unspecified atom stereocenters. The van der Waals surface area contributed by atoms with Gasteiger partial charge in [0.1, 0.15) is 0 Å². The van der Waals surface area contributed by atoms with Crippen molar-refractivity contribution in [2.45, 2.75) is 46.6 Å². The van der Waals surface area contributed by atoms with Crippen LogP contribution in [0.4, 0.5) is 0 Å². The van der Waals surface area contributed by atoms with Crippen molar-refractivity contribution in [1.82, 2.24) is 10.2 Å². The van der Waals surface area contributed by atoms with Crippen LogP contribution in [0.25, 0.3) is 0 Å². The van der Waals surface area contributed by atoms with Gasteiger partial charge < -0.3 is 5.32 Å². The second-order valence-electron chi connectivity index (χ2n) is 7.10. The Morgan fingerprint density at radius 1 is 1.10 bits per heavy atom. The van der Waals surface area contributed by atoms with Crippen LogP contribution in [-0.4, -0.2) is 31.1 Å². The highest BCUT2D eigenvalue weighted by Crippen LogP contribution is 2.37. The zero-order chi connectivity index (χ0) is 14.2. The highest BCUT2D eigenvalue weighted by Gasteiger charge is 2.38. The van der Waals surface area contributed by atoms with Crippen LogP contribution >= 0.6 is 0 Å². The maximum absolute atomic E-state index is 3.60. The molecule has 0 saturated carbocycles. The zero-order valence-corrected chi connectivity index (χ0v) is 13.3. The molecule has 2 heteroatoms. The quantitative estimate of drug-likeness (QED) is 0.889. The summed E-state index contributed by atoms with van der Waals surface area (Å²) in [6.45, 7) is 12.8. The van der Waals surface area contributed by atoms with Crippen LogP contribution in [0.3, 0.4) is 0 Å². The van der Waals surface area contributed by atoms with E-state index in [4.69, 9.17) is 0 Å². The predicted molar refractivity (Wildman–Crippen MR) is 85.1 cm³/mol. The molecule has 0 bridgehead atoms. The average Bonchev–Trinajstić information content (AvgIpc) is 2.79. The van der Waals surface area contributed by atoms with Crippen LogP contribution in [0, 0.1) is 26.2 Å². The zero-order valence-electron chi connectivity index (χ0n) is 13.3. The second kappa shape index (κ2) is 5.50. The predicted octanol–water partition coefficient (Wildman–Crippen LogP) is 3.19. The number of hydrogen-bond donors (Lipinski definition) is 1. The van der Waals surface area contributed by atoms with Gasteiger partial charge in [-0.15, -0.1) is 0 Å². The molecule has 1 aromatic rings. The van der Waals surface area contributed by atoms with E-state index in [2.05, 4.69) is 43.1 Å². The summed E-state index contributed by atoms with van der Waals surface area (Å²) >= 11 is 0. The number of likely N-dealkylation sites (tertiary alicyclic amines) is 1. The topological polar surface area (TPSA) is 15.3 Å². The summed E-state index contributed by atoms with van der Waals surface area (Å²) in [5.74, 6) is 0. The van der Waals surface area contributed by atoms with Gasteiger partial charge in [0.15, 0.2) is 0 Å². The Kier molecular flexibility index (Phi) is 3.87. The monoisotopic (exact) mass is 272 g/mol. The number of rotatable bonds is 2. The highest BCUT2D eigenvalue weighted by atomic mass is 15.2. The first-order valence-electron chi connectivity index (χ1n) is 8.08. The van der Waals surface area contributed by atoms with Crippen LogP contribution < -0.4 is 5.32 Å². The van der Waals surface area contributed by atoms with Gasteiger partial charge in [-0.2, -0.15) is 0 Å². The summed E-state index contributed by atoms with van der Waals surface area (Å²) in [7, 11) is 0. The van der Waals surface area contributed by atoms with E-state index in [0.717, 1.165) is 6.54 Å². The van der Waals surface area contributed by atoms with Gasteiger partial charge in [0, 0.05) is 19.6 Å². The lowest BCUT2D eigenvalue weighted by atomic mass is 9.80. The molecule has 3 rings (SSSR count). The molecule has 1 aromatic carbocycles. The Hall–Kier alpha value is -0.860. The van der Waals surface area contributed by atoms with E-state index in [1.54, 1.807) is 0 Å².